The fourth-order valence-electron chi connectivity index (χ4n) is 2.68. The lowest BCUT2D eigenvalue weighted by Crippen LogP contribution is -2.39. The Labute approximate surface area is 114 Å². The number of aromatic nitrogens is 1. The zero-order chi connectivity index (χ0) is 13.0. The van der Waals surface area contributed by atoms with Gasteiger partial charge in [-0.2, -0.15) is 0 Å². The first-order valence-corrected chi connectivity index (χ1v) is 7.15. The summed E-state index contributed by atoms with van der Waals surface area (Å²) in [6.45, 7) is 3.39. The number of piperidine rings is 1. The molecule has 1 aliphatic rings. The highest BCUT2D eigenvalue weighted by Crippen LogP contribution is 2.26. The first-order chi connectivity index (χ1) is 8.72. The zero-order valence-corrected chi connectivity index (χ0v) is 11.7. The molecule has 1 aliphatic heterocycles. The van der Waals surface area contributed by atoms with E-state index in [0.717, 1.165) is 6.54 Å². The predicted molar refractivity (Wildman–Crippen MR) is 80.0 cm³/mol. The molecule has 0 amide bonds. The Balaban J connectivity index is 2.15. The minimum atomic E-state index is 0.366. The van der Waals surface area contributed by atoms with E-state index in [1.807, 2.05) is 12.3 Å². The van der Waals surface area contributed by atoms with Crippen LogP contribution < -0.4 is 10.6 Å². The van der Waals surface area contributed by atoms with Gasteiger partial charge in [-0.15, -0.1) is 0 Å². The zero-order valence-electron chi connectivity index (χ0n) is 10.9. The highest BCUT2D eigenvalue weighted by Gasteiger charge is 2.21. The molecule has 0 aliphatic carbocycles. The van der Waals surface area contributed by atoms with Gasteiger partial charge in [0, 0.05) is 12.6 Å². The largest absolute Gasteiger partial charge is 0.388 e. The maximum atomic E-state index is 5.57. The molecule has 18 heavy (non-hydrogen) atoms. The summed E-state index contributed by atoms with van der Waals surface area (Å²) < 4.78 is 0. The summed E-state index contributed by atoms with van der Waals surface area (Å²) >= 11 is 4.93. The number of rotatable bonds is 4. The molecule has 0 spiro atoms. The van der Waals surface area contributed by atoms with Crippen LogP contribution in [0.15, 0.2) is 18.3 Å². The Bertz CT molecular complexity index is 400. The van der Waals surface area contributed by atoms with Crippen molar-refractivity contribution in [2.24, 2.45) is 5.73 Å². The van der Waals surface area contributed by atoms with Crippen LogP contribution in [-0.4, -0.2) is 22.6 Å². The Kier molecular flexibility index (Phi) is 4.53. The Morgan fingerprint density at radius 3 is 2.94 bits per heavy atom. The maximum absolute atomic E-state index is 5.57. The normalized spacial score (nSPS) is 19.8. The van der Waals surface area contributed by atoms with Crippen molar-refractivity contribution in [2.45, 2.75) is 45.1 Å². The predicted octanol–water partition coefficient (Wildman–Crippen LogP) is 2.87. The number of nitrogens with zero attached hydrogens (tertiary/aromatic N) is 2. The van der Waals surface area contributed by atoms with Crippen LogP contribution >= 0.6 is 12.2 Å². The van der Waals surface area contributed by atoms with Crippen molar-refractivity contribution in [3.63, 3.8) is 0 Å². The van der Waals surface area contributed by atoms with Gasteiger partial charge >= 0.3 is 0 Å². The van der Waals surface area contributed by atoms with Gasteiger partial charge in [-0.05, 0) is 37.8 Å². The number of hydrogen-bond donors (Lipinski definition) is 1. The summed E-state index contributed by atoms with van der Waals surface area (Å²) in [6.07, 6.45) is 8.32. The van der Waals surface area contributed by atoms with Crippen molar-refractivity contribution in [3.05, 3.63) is 24.0 Å². The quantitative estimate of drug-likeness (QED) is 0.848. The van der Waals surface area contributed by atoms with Gasteiger partial charge < -0.3 is 10.6 Å². The molecule has 1 aromatic heterocycles. The van der Waals surface area contributed by atoms with Crippen LogP contribution in [0.2, 0.25) is 0 Å². The fraction of sp³-hybridized carbons (Fsp3) is 0.571. The highest BCUT2D eigenvalue weighted by atomic mass is 32.1. The van der Waals surface area contributed by atoms with E-state index in [9.17, 15) is 0 Å². The summed E-state index contributed by atoms with van der Waals surface area (Å²) in [5, 5.41) is 0. The molecule has 1 saturated heterocycles. The minimum absolute atomic E-state index is 0.366. The SMILES string of the molecule is CCCC1CCCCN1c1ccc(C(N)=S)nc1. The number of pyridine rings is 1. The summed E-state index contributed by atoms with van der Waals surface area (Å²) in [4.78, 5) is 7.20. The van der Waals surface area contributed by atoms with Gasteiger partial charge in [0.25, 0.3) is 0 Å². The van der Waals surface area contributed by atoms with E-state index in [1.165, 1.54) is 37.8 Å². The van der Waals surface area contributed by atoms with E-state index in [0.29, 0.717) is 16.7 Å². The molecule has 3 nitrogen and oxygen atoms in total. The summed E-state index contributed by atoms with van der Waals surface area (Å²) in [7, 11) is 0. The van der Waals surface area contributed by atoms with Crippen molar-refractivity contribution in [1.29, 1.82) is 0 Å². The second-order valence-corrected chi connectivity index (χ2v) is 5.34. The third-order valence-electron chi connectivity index (χ3n) is 3.58. The minimum Gasteiger partial charge on any atom is -0.388 e. The molecule has 1 aromatic rings. The molecule has 0 aromatic carbocycles. The smallest absolute Gasteiger partial charge is 0.122 e. The van der Waals surface area contributed by atoms with Crippen molar-refractivity contribution < 1.29 is 0 Å². The van der Waals surface area contributed by atoms with E-state index >= 15 is 0 Å². The Hall–Kier alpha value is -1.16. The number of thiocarbonyl (C=S) groups is 1. The molecule has 2 N–H and O–H groups in total. The third-order valence-corrected chi connectivity index (χ3v) is 3.79. The van der Waals surface area contributed by atoms with Gasteiger partial charge in [-0.3, -0.25) is 4.98 Å². The van der Waals surface area contributed by atoms with Crippen LogP contribution in [0.1, 0.15) is 44.7 Å². The van der Waals surface area contributed by atoms with Crippen LogP contribution in [-0.2, 0) is 0 Å². The van der Waals surface area contributed by atoms with Crippen LogP contribution in [0.3, 0.4) is 0 Å². The van der Waals surface area contributed by atoms with Crippen molar-refractivity contribution in [1.82, 2.24) is 4.98 Å². The molecule has 98 valence electrons. The molecular weight excluding hydrogens is 242 g/mol. The summed E-state index contributed by atoms with van der Waals surface area (Å²) in [5.74, 6) is 0. The van der Waals surface area contributed by atoms with Crippen molar-refractivity contribution in [2.75, 3.05) is 11.4 Å². The van der Waals surface area contributed by atoms with E-state index in [1.54, 1.807) is 0 Å². The molecule has 1 atom stereocenters. The highest BCUT2D eigenvalue weighted by molar-refractivity contribution is 7.80. The second-order valence-electron chi connectivity index (χ2n) is 4.90. The monoisotopic (exact) mass is 263 g/mol. The number of hydrogen-bond acceptors (Lipinski definition) is 3. The molecule has 4 heteroatoms. The summed E-state index contributed by atoms with van der Waals surface area (Å²) in [5.41, 5.74) is 7.48. The van der Waals surface area contributed by atoms with Gasteiger partial charge in [0.1, 0.15) is 4.99 Å². The maximum Gasteiger partial charge on any atom is 0.122 e. The van der Waals surface area contributed by atoms with Gasteiger partial charge in [0.05, 0.1) is 17.6 Å². The average molecular weight is 263 g/mol. The molecular formula is C14H21N3S. The Morgan fingerprint density at radius 1 is 1.50 bits per heavy atom. The van der Waals surface area contributed by atoms with Gasteiger partial charge in [0.2, 0.25) is 0 Å². The standard InChI is InChI=1S/C14H21N3S/c1-2-5-11-6-3-4-9-17(11)12-7-8-13(14(15)18)16-10-12/h7-8,10-11H,2-6,9H2,1H3,(H2,15,18). The van der Waals surface area contributed by atoms with Crippen LogP contribution in [0.25, 0.3) is 0 Å². The van der Waals surface area contributed by atoms with Crippen molar-refractivity contribution in [3.8, 4) is 0 Å². The molecule has 0 saturated carbocycles. The van der Waals surface area contributed by atoms with Gasteiger partial charge in [-0.1, -0.05) is 25.6 Å². The van der Waals surface area contributed by atoms with E-state index < -0.39 is 0 Å². The van der Waals surface area contributed by atoms with E-state index in [4.69, 9.17) is 18.0 Å². The van der Waals surface area contributed by atoms with Crippen molar-refractivity contribution >= 4 is 22.9 Å². The lowest BCUT2D eigenvalue weighted by atomic mass is 9.98. The summed E-state index contributed by atoms with van der Waals surface area (Å²) in [6, 6.07) is 4.69. The van der Waals surface area contributed by atoms with E-state index in [-0.39, 0.29) is 0 Å². The molecule has 1 unspecified atom stereocenters. The molecule has 0 radical (unpaired) electrons. The average Bonchev–Trinajstić information content (AvgIpc) is 2.40. The van der Waals surface area contributed by atoms with Gasteiger partial charge in [0.15, 0.2) is 0 Å². The topological polar surface area (TPSA) is 42.1 Å². The molecule has 0 bridgehead atoms. The lowest BCUT2D eigenvalue weighted by Gasteiger charge is -2.37. The first-order valence-electron chi connectivity index (χ1n) is 6.75. The molecule has 1 fully saturated rings. The van der Waals surface area contributed by atoms with Crippen LogP contribution in [0, 0.1) is 0 Å². The fourth-order valence-corrected chi connectivity index (χ4v) is 2.80. The first kappa shape index (κ1) is 13.3. The number of nitrogens with two attached hydrogens (primary N) is 1. The molecule has 2 heterocycles. The van der Waals surface area contributed by atoms with Crippen LogP contribution in [0.4, 0.5) is 5.69 Å². The number of anilines is 1. The second kappa shape index (κ2) is 6.14. The van der Waals surface area contributed by atoms with Crippen LogP contribution in [0.5, 0.6) is 0 Å². The van der Waals surface area contributed by atoms with E-state index in [2.05, 4.69) is 22.9 Å². The third kappa shape index (κ3) is 2.99. The lowest BCUT2D eigenvalue weighted by molar-refractivity contribution is 0.434. The van der Waals surface area contributed by atoms with Gasteiger partial charge in [-0.25, -0.2) is 0 Å². The molecule has 2 rings (SSSR count). The Morgan fingerprint density at radius 2 is 2.33 bits per heavy atom.